The number of aliphatic hydroxyl groups is 2. The zero-order valence-electron chi connectivity index (χ0n) is 41.2. The number of benzene rings is 2. The maximum Gasteiger partial charge on any atom is 0.258 e. The highest BCUT2D eigenvalue weighted by Crippen LogP contribution is 2.50. The van der Waals surface area contributed by atoms with Crippen molar-refractivity contribution in [2.45, 2.75) is 90.1 Å². The van der Waals surface area contributed by atoms with Gasteiger partial charge in [-0.15, -0.1) is 0 Å². The number of aliphatic hydroxyl groups excluding tert-OH is 2. The van der Waals surface area contributed by atoms with E-state index in [0.717, 1.165) is 33.6 Å². The first-order valence-electron chi connectivity index (χ1n) is 25.0. The molecule has 2 amide bonds. The number of nitrogens with one attached hydrogen (secondary N) is 2. The van der Waals surface area contributed by atoms with Gasteiger partial charge < -0.3 is 30.0 Å². The molecular formula is C58H64N8O6. The van der Waals surface area contributed by atoms with Gasteiger partial charge in [0.25, 0.3) is 11.1 Å². The average molecular weight is 969 g/mol. The van der Waals surface area contributed by atoms with Crippen LogP contribution in [0.1, 0.15) is 96.6 Å². The van der Waals surface area contributed by atoms with E-state index < -0.39 is 11.8 Å². The van der Waals surface area contributed by atoms with Crippen molar-refractivity contribution in [3.05, 3.63) is 212 Å². The van der Waals surface area contributed by atoms with Crippen molar-refractivity contribution in [2.75, 3.05) is 13.2 Å². The van der Waals surface area contributed by atoms with E-state index >= 15 is 0 Å². The smallest absolute Gasteiger partial charge is 0.258 e. The number of rotatable bonds is 14. The lowest BCUT2D eigenvalue weighted by molar-refractivity contribution is -0.129. The van der Waals surface area contributed by atoms with Crippen molar-refractivity contribution < 1.29 is 19.8 Å². The molecule has 0 saturated carbocycles. The van der Waals surface area contributed by atoms with Crippen molar-refractivity contribution in [1.82, 2.24) is 39.5 Å². The Morgan fingerprint density at radius 1 is 0.583 bits per heavy atom. The molecule has 4 aromatic heterocycles. The van der Waals surface area contributed by atoms with Crippen LogP contribution in [-0.4, -0.2) is 76.2 Å². The highest BCUT2D eigenvalue weighted by molar-refractivity contribution is 5.82. The molecular weight excluding hydrogens is 905 g/mol. The van der Waals surface area contributed by atoms with Crippen molar-refractivity contribution in [1.29, 1.82) is 0 Å². The zero-order chi connectivity index (χ0) is 50.5. The van der Waals surface area contributed by atoms with Gasteiger partial charge in [-0.1, -0.05) is 85.0 Å². The van der Waals surface area contributed by atoms with Crippen LogP contribution in [0.5, 0.6) is 0 Å². The largest absolute Gasteiger partial charge is 0.396 e. The number of aromatic nitrogens is 4. The number of carbonyl (C=O) groups excluding carboxylic acids is 2. The molecule has 372 valence electrons. The lowest BCUT2D eigenvalue weighted by atomic mass is 9.86. The number of hydrogen-bond acceptors (Lipinski definition) is 10. The summed E-state index contributed by atoms with van der Waals surface area (Å²) in [7, 11) is 0. The maximum absolute atomic E-state index is 13.8. The highest BCUT2D eigenvalue weighted by atomic mass is 16.3. The number of amides is 2. The SMILES string of the molecule is C/C=C/c1ccc2n(c1=O)C[C@H]1[C@H](CO)[C@@H](C(=O)N[C@@H](C)c3ccccc3)[C@@H]2N1Cc1ccncc1.C/C=C\c1ccc2n(c1=O)C[C@H]1[C@H](CO)[C@@H](C(=O)N[C@@H](C)c3ccccc3)[C@@H]2N1Cc1ccncc1. The van der Waals surface area contributed by atoms with Gasteiger partial charge in [-0.25, -0.2) is 0 Å². The van der Waals surface area contributed by atoms with Gasteiger partial charge in [0.15, 0.2) is 0 Å². The Kier molecular flexibility index (Phi) is 15.3. The predicted octanol–water partition coefficient (Wildman–Crippen LogP) is 6.64. The number of hydrogen-bond donors (Lipinski definition) is 4. The third kappa shape index (κ3) is 9.79. The second kappa shape index (κ2) is 22.1. The quantitative estimate of drug-likeness (QED) is 0.0928. The molecule has 2 aromatic carbocycles. The summed E-state index contributed by atoms with van der Waals surface area (Å²) in [4.78, 5) is 67.2. The van der Waals surface area contributed by atoms with Crippen LogP contribution in [0.25, 0.3) is 12.2 Å². The van der Waals surface area contributed by atoms with Crippen molar-refractivity contribution in [3.8, 4) is 0 Å². The Hall–Kier alpha value is -7.10. The van der Waals surface area contributed by atoms with Crippen molar-refractivity contribution in [2.24, 2.45) is 23.7 Å². The summed E-state index contributed by atoms with van der Waals surface area (Å²) in [6.45, 7) is 9.55. The normalized spacial score (nSPS) is 24.0. The molecule has 6 aromatic rings. The molecule has 14 nitrogen and oxygen atoms in total. The predicted molar refractivity (Wildman–Crippen MR) is 278 cm³/mol. The Balaban J connectivity index is 0.000000178. The first kappa shape index (κ1) is 49.9. The summed E-state index contributed by atoms with van der Waals surface area (Å²) in [6.07, 6.45) is 14.4. The highest BCUT2D eigenvalue weighted by Gasteiger charge is 2.57. The second-order valence-corrected chi connectivity index (χ2v) is 19.4. The van der Waals surface area contributed by atoms with E-state index in [0.29, 0.717) is 37.3 Å². The fraction of sp³-hybridized carbons (Fsp3) is 0.345. The third-order valence-corrected chi connectivity index (χ3v) is 15.2. The maximum atomic E-state index is 13.8. The summed E-state index contributed by atoms with van der Waals surface area (Å²) in [5.41, 5.74) is 6.99. The standard InChI is InChI=1S/2C29H32N4O3/c2*1-3-7-22-10-11-24-27-26(28(35)31-19(2)21-8-5-4-6-9-21)23(18-34)25(17-33(24)29(22)36)32(27)16-20-12-14-30-15-13-20/h2*3-15,19,23,25-27,34H,16-18H2,1-2H3,(H,31,35)/b7-3+;7-3-/t2*19-,23-,25-,26+,27+/m00/s1. The summed E-state index contributed by atoms with van der Waals surface area (Å²) in [5.74, 6) is -1.79. The molecule has 0 radical (unpaired) electrons. The molecule has 4 bridgehead atoms. The molecule has 4 N–H and O–H groups in total. The van der Waals surface area contributed by atoms with Crippen molar-refractivity contribution in [3.63, 3.8) is 0 Å². The number of nitrogens with zero attached hydrogens (tertiary/aromatic N) is 6. The van der Waals surface area contributed by atoms with E-state index in [2.05, 4.69) is 30.4 Å². The van der Waals surface area contributed by atoms with Crippen LogP contribution >= 0.6 is 0 Å². The van der Waals surface area contributed by atoms with Gasteiger partial charge in [0.05, 0.1) is 36.0 Å². The van der Waals surface area contributed by atoms with E-state index in [4.69, 9.17) is 0 Å². The molecule has 2 saturated heterocycles. The topological polar surface area (TPSA) is 175 Å². The molecule has 2 fully saturated rings. The summed E-state index contributed by atoms with van der Waals surface area (Å²) in [6, 6.07) is 33.9. The van der Waals surface area contributed by atoms with Gasteiger partial charge in [0.2, 0.25) is 11.8 Å². The molecule has 10 rings (SSSR count). The first-order valence-corrected chi connectivity index (χ1v) is 25.0. The number of fused-ring (bicyclic) bond motifs is 8. The fourth-order valence-corrected chi connectivity index (χ4v) is 11.8. The molecule has 10 atom stereocenters. The lowest BCUT2D eigenvalue weighted by Crippen LogP contribution is -2.46. The second-order valence-electron chi connectivity index (χ2n) is 19.4. The van der Waals surface area contributed by atoms with Crippen LogP contribution in [0, 0.1) is 23.7 Å². The lowest BCUT2D eigenvalue weighted by Gasteiger charge is -2.38. The third-order valence-electron chi connectivity index (χ3n) is 15.2. The number of allylic oxidation sites excluding steroid dienone is 2. The van der Waals surface area contributed by atoms with Crippen LogP contribution in [0.15, 0.2) is 156 Å². The zero-order valence-corrected chi connectivity index (χ0v) is 41.2. The van der Waals surface area contributed by atoms with Crippen molar-refractivity contribution >= 4 is 24.0 Å². The van der Waals surface area contributed by atoms with Gasteiger partial charge in [0.1, 0.15) is 0 Å². The Morgan fingerprint density at radius 3 is 1.31 bits per heavy atom. The number of carbonyl (C=O) groups is 2. The van der Waals surface area contributed by atoms with E-state index in [9.17, 15) is 29.4 Å². The molecule has 0 unspecified atom stereocenters. The monoisotopic (exact) mass is 968 g/mol. The summed E-state index contributed by atoms with van der Waals surface area (Å²) < 4.78 is 3.62. The van der Waals surface area contributed by atoms with Crippen LogP contribution in [-0.2, 0) is 35.8 Å². The molecule has 4 aliphatic heterocycles. The molecule has 4 aliphatic rings. The summed E-state index contributed by atoms with van der Waals surface area (Å²) in [5, 5.41) is 27.5. The van der Waals surface area contributed by atoms with Gasteiger partial charge in [-0.2, -0.15) is 0 Å². The minimum absolute atomic E-state index is 0.0560. The minimum atomic E-state index is -0.492. The molecule has 0 aliphatic carbocycles. The average Bonchev–Trinajstić information content (AvgIpc) is 3.74. The van der Waals surface area contributed by atoms with E-state index in [1.807, 2.05) is 170 Å². The van der Waals surface area contributed by atoms with Gasteiger partial charge >= 0.3 is 0 Å². The van der Waals surface area contributed by atoms with E-state index in [1.54, 1.807) is 24.8 Å². The molecule has 8 heterocycles. The van der Waals surface area contributed by atoms with Gasteiger partial charge in [-0.3, -0.25) is 38.9 Å². The minimum Gasteiger partial charge on any atom is -0.396 e. The Bertz CT molecular complexity index is 2810. The van der Waals surface area contributed by atoms with Crippen LogP contribution in [0.2, 0.25) is 0 Å². The molecule has 0 spiro atoms. The first-order chi connectivity index (χ1) is 35.1. The Labute approximate surface area is 420 Å². The van der Waals surface area contributed by atoms with Gasteiger partial charge in [0, 0.05) is 111 Å². The van der Waals surface area contributed by atoms with Crippen LogP contribution < -0.4 is 21.8 Å². The van der Waals surface area contributed by atoms with Crippen LogP contribution in [0.4, 0.5) is 0 Å². The molecule has 72 heavy (non-hydrogen) atoms. The fourth-order valence-electron chi connectivity index (χ4n) is 11.8. The van der Waals surface area contributed by atoms with Gasteiger partial charge in [-0.05, 0) is 98.5 Å². The summed E-state index contributed by atoms with van der Waals surface area (Å²) >= 11 is 0. The van der Waals surface area contributed by atoms with E-state index in [1.165, 1.54) is 0 Å². The molecule has 14 heteroatoms. The van der Waals surface area contributed by atoms with E-state index in [-0.39, 0.29) is 84.2 Å². The Morgan fingerprint density at radius 2 is 0.958 bits per heavy atom. The van der Waals surface area contributed by atoms with Crippen LogP contribution in [0.3, 0.4) is 0 Å². The number of pyridine rings is 4.